The number of carbonyl (C=O) groups is 19. The van der Waals surface area contributed by atoms with Crippen LogP contribution in [0.15, 0.2) is 79.1 Å². The largest absolute Gasteiger partial charge is 0.508 e. The van der Waals surface area contributed by atoms with Gasteiger partial charge in [-0.2, -0.15) is 0 Å². The van der Waals surface area contributed by atoms with Crippen LogP contribution in [0.2, 0.25) is 0 Å². The topological polar surface area (TPSA) is 657 Å². The fraction of sp³-hybridized carbons (Fsp3) is 0.544. The van der Waals surface area contributed by atoms with Crippen molar-refractivity contribution >= 4 is 146 Å². The number of thioether (sulfide) groups is 1. The van der Waals surface area contributed by atoms with Gasteiger partial charge in [-0.3, -0.25) is 91.1 Å². The number of aliphatic carboxylic acids is 3. The van der Waals surface area contributed by atoms with E-state index in [2.05, 4.69) is 52.5 Å². The second-order valence-electron chi connectivity index (χ2n) is 33.9. The van der Waals surface area contributed by atoms with Gasteiger partial charge in [0.1, 0.15) is 78.0 Å². The minimum absolute atomic E-state index is 0.0554. The fourth-order valence-electron chi connectivity index (χ4n) is 16.6. The number of hydrogen-bond donors (Lipinski definition) is 18. The SMILES string of the molecule is CCCC[C@H]1C(=O)N(C)[C@@H](CCCC)C(=O)N[C@@H](CCC(=O)O)C(=O)N[C@H](C(=O)CCC(N)=O)CSCC(=O)N[C@@H](Cc2ccc(OC)cc2)C(=O)N(C)[C@@H](C)C(=O)N[C@@H](CC(=O)O)C(=O)N2CCC[C@H]2C(=O)N[C@@H](CN)C(=O)N[C@@H](CCC(=O)O)C(=O)N2C[C@H](O)C[C@H]2C(=O)N[C@@H](Cc2c[nH]c3ccccc23)C(=O)C[C@@H](CCN)C(=O)N[C@@H](Cc2c[nH]c3ccc(O)cc23)C(=O)N1C. The van der Waals surface area contributed by atoms with E-state index in [1.54, 1.807) is 67.7 Å². The van der Waals surface area contributed by atoms with E-state index >= 15 is 33.6 Å². The molecule has 15 atom stereocenters. The summed E-state index contributed by atoms with van der Waals surface area (Å²) in [5, 5.41) is 74.0. The fourth-order valence-corrected chi connectivity index (χ4v) is 17.4. The number of benzene rings is 3. The molecule has 3 aliphatic heterocycles. The summed E-state index contributed by atoms with van der Waals surface area (Å²) in [6.07, 6.45) is -4.34. The zero-order valence-corrected chi connectivity index (χ0v) is 76.9. The molecule has 0 bridgehead atoms. The minimum Gasteiger partial charge on any atom is -0.508 e. The van der Waals surface area contributed by atoms with Gasteiger partial charge in [0.05, 0.1) is 37.5 Å². The lowest BCUT2D eigenvalue weighted by Gasteiger charge is -2.36. The van der Waals surface area contributed by atoms with Crippen LogP contribution in [-0.2, 0) is 110 Å². The van der Waals surface area contributed by atoms with Crippen LogP contribution >= 0.6 is 11.8 Å². The third-order valence-corrected chi connectivity index (χ3v) is 25.3. The number of aromatic amines is 2. The van der Waals surface area contributed by atoms with Crippen molar-refractivity contribution in [1.82, 2.24) is 77.0 Å². The molecular weight excluding hydrogens is 1770 g/mol. The van der Waals surface area contributed by atoms with E-state index in [9.17, 15) is 83.1 Å². The molecule has 21 N–H and O–H groups in total. The Hall–Kier alpha value is -13.1. The molecule has 134 heavy (non-hydrogen) atoms. The number of carboxylic acids is 3. The van der Waals surface area contributed by atoms with Crippen molar-refractivity contribution in [2.45, 2.75) is 240 Å². The Morgan fingerprint density at radius 1 is 0.530 bits per heavy atom. The Labute approximate surface area is 777 Å². The van der Waals surface area contributed by atoms with E-state index in [1.165, 1.54) is 53.5 Å². The van der Waals surface area contributed by atoms with E-state index in [1.807, 2.05) is 6.92 Å². The number of ether oxygens (including phenoxy) is 1. The highest BCUT2D eigenvalue weighted by Crippen LogP contribution is 2.30. The van der Waals surface area contributed by atoms with E-state index in [4.69, 9.17) is 21.9 Å². The second-order valence-corrected chi connectivity index (χ2v) is 35.0. The highest BCUT2D eigenvalue weighted by molar-refractivity contribution is 8.00. The van der Waals surface area contributed by atoms with Crippen LogP contribution in [-0.4, -0.2) is 323 Å². The van der Waals surface area contributed by atoms with Crippen LogP contribution in [0.3, 0.4) is 0 Å². The number of likely N-dealkylation sites (N-methyl/N-ethyl adjacent to an activating group) is 3. The van der Waals surface area contributed by atoms with Crippen molar-refractivity contribution < 1.29 is 121 Å². The molecule has 5 aromatic rings. The van der Waals surface area contributed by atoms with Crippen LogP contribution in [0.1, 0.15) is 153 Å². The molecule has 0 unspecified atom stereocenters. The number of H-pyrrole nitrogens is 2. The van der Waals surface area contributed by atoms with Crippen LogP contribution < -0.4 is 64.5 Å². The Kier molecular flexibility index (Phi) is 40.2. The monoisotopic (exact) mass is 1890 g/mol. The minimum atomic E-state index is -1.94. The maximum Gasteiger partial charge on any atom is 0.305 e. The van der Waals surface area contributed by atoms with Crippen molar-refractivity contribution in [3.63, 3.8) is 0 Å². The Morgan fingerprint density at radius 3 is 1.72 bits per heavy atom. The van der Waals surface area contributed by atoms with Crippen molar-refractivity contribution in [2.24, 2.45) is 23.1 Å². The van der Waals surface area contributed by atoms with Crippen LogP contribution in [0.5, 0.6) is 11.5 Å². The van der Waals surface area contributed by atoms with Gasteiger partial charge in [0.25, 0.3) is 0 Å². The normalized spacial score (nSPS) is 24.9. The van der Waals surface area contributed by atoms with Gasteiger partial charge in [0.15, 0.2) is 11.6 Å². The van der Waals surface area contributed by atoms with Gasteiger partial charge < -0.3 is 124 Å². The number of fused-ring (bicyclic) bond motifs is 4. The number of aliphatic hydroxyl groups is 1. The molecule has 0 radical (unpaired) electrons. The lowest BCUT2D eigenvalue weighted by molar-refractivity contribution is -0.149. The number of nitrogens with one attached hydrogen (secondary N) is 10. The number of nitrogens with two attached hydrogens (primary N) is 3. The molecule has 3 aromatic carbocycles. The number of rotatable bonds is 28. The zero-order chi connectivity index (χ0) is 98.5. The van der Waals surface area contributed by atoms with Gasteiger partial charge in [-0.1, -0.05) is 69.9 Å². The summed E-state index contributed by atoms with van der Waals surface area (Å²) in [5.74, 6) is -22.3. The molecule has 8 rings (SSSR count). The van der Waals surface area contributed by atoms with Gasteiger partial charge in [-0.05, 0) is 112 Å². The summed E-state index contributed by atoms with van der Waals surface area (Å²) in [4.78, 5) is 284. The highest BCUT2D eigenvalue weighted by Gasteiger charge is 2.47. The molecule has 2 aromatic heterocycles. The van der Waals surface area contributed by atoms with Crippen molar-refractivity contribution in [3.05, 3.63) is 95.8 Å². The molecule has 3 aliphatic rings. The number of hydrogen-bond acceptors (Lipinski definition) is 25. The summed E-state index contributed by atoms with van der Waals surface area (Å²) in [6, 6.07) is -3.70. The lowest BCUT2D eigenvalue weighted by Crippen LogP contribution is -2.61. The van der Waals surface area contributed by atoms with E-state index in [0.717, 1.165) is 36.3 Å². The average Bonchev–Trinajstić information content (AvgIpc) is 1.66. The quantitative estimate of drug-likeness (QED) is 0.0279. The number of amides is 14. The Morgan fingerprint density at radius 2 is 1.09 bits per heavy atom. The molecule has 3 fully saturated rings. The molecule has 3 saturated heterocycles. The number of Topliss-reactive ketones (excluding diaryl/α,β-unsaturated/α-hetero) is 2. The van der Waals surface area contributed by atoms with E-state index < -0.39 is 285 Å². The summed E-state index contributed by atoms with van der Waals surface area (Å²) >= 11 is 0.740. The number of unbranched alkanes of at least 4 members (excludes halogenated alkanes) is 2. The average molecular weight is 1890 g/mol. The molecule has 0 aliphatic carbocycles. The molecule has 0 spiro atoms. The second kappa shape index (κ2) is 50.7. The summed E-state index contributed by atoms with van der Waals surface area (Å²) in [6.45, 7) is 3.07. The predicted molar refractivity (Wildman–Crippen MR) is 486 cm³/mol. The lowest BCUT2D eigenvalue weighted by atomic mass is 9.91. The molecule has 730 valence electrons. The molecule has 0 saturated carbocycles. The first-order valence-corrected chi connectivity index (χ1v) is 45.8. The standard InChI is InChI=1S/C90H124N18O25S/c1-8-10-17-68-83(125)97-60(26-30-76(115)116)81(123)103-67(72(111)28-29-74(93)113)46-134-47-75(114)96-63(35-49-20-23-55(133-7)24-21-49)86(128)104(4)48(3)79(121)100-65(41-78(119)120)89(131)107-34-14-19-69(107)84(126)102-66(42-92)82(124)98-61(27-31-77(117)118)88(130)108-45-54(110)40-71(108)85(127)99-62(36-51-43-94-58-16-13-12-15-56(51)58)73(112)38-50(32-33-91)80(122)101-64(37-52-44-95-59-25-22-53(109)39-57(52)59)87(129)106(6)70(18-11-9-2)90(132)105(68)5/h12-13,15-16,20-25,39,43-44,48,50,54,60-71,94-95,109-110H,8-11,14,17-19,26-38,40-42,45-47,91-92H2,1-7H3,(H2,93,113)(H,96,114)(H,97,125)(H,98,124)(H,99,127)(H,100,121)(H,101,122)(H,102,126)(H,103,123)(H,115,116)(H,117,118)(H,119,120)/t48-,50+,54+,60-,61-,62-,63-,64-,65-,66-,67-,68-,69-,70-,71-/m0/s1. The first-order chi connectivity index (χ1) is 63.7. The summed E-state index contributed by atoms with van der Waals surface area (Å²) in [5.41, 5.74) is 20.2. The molecule has 44 heteroatoms. The first-order valence-electron chi connectivity index (χ1n) is 44.7. The molecular formula is C90H124N18O25S. The van der Waals surface area contributed by atoms with Crippen molar-refractivity contribution in [3.8, 4) is 11.5 Å². The van der Waals surface area contributed by atoms with Crippen LogP contribution in [0, 0.1) is 5.92 Å². The highest BCUT2D eigenvalue weighted by atomic mass is 32.2. The number of aliphatic hydroxyl groups excluding tert-OH is 1. The summed E-state index contributed by atoms with van der Waals surface area (Å²) < 4.78 is 5.31. The molecule has 14 amide bonds. The maximum atomic E-state index is 15.8. The van der Waals surface area contributed by atoms with Gasteiger partial charge in [0, 0.05) is 144 Å². The maximum absolute atomic E-state index is 15.8. The molecule has 5 heterocycles. The number of carboxylic acid groups (broad SMARTS) is 3. The number of ketones is 2. The van der Waals surface area contributed by atoms with E-state index in [0.29, 0.717) is 57.1 Å². The van der Waals surface area contributed by atoms with Crippen molar-refractivity contribution in [1.29, 1.82) is 0 Å². The number of phenols is 1. The number of phenolic OH excluding ortho intramolecular Hbond substituents is 1. The van der Waals surface area contributed by atoms with Gasteiger partial charge in [-0.25, -0.2) is 0 Å². The third kappa shape index (κ3) is 29.4. The van der Waals surface area contributed by atoms with Gasteiger partial charge in [-0.15, -0.1) is 11.8 Å². The van der Waals surface area contributed by atoms with E-state index in [-0.39, 0.29) is 83.0 Å². The number of carbonyl (C=O) groups excluding carboxylic acids is 16. The number of aromatic nitrogens is 2. The number of primary amides is 1. The van der Waals surface area contributed by atoms with Gasteiger partial charge in [0.2, 0.25) is 82.7 Å². The Bertz CT molecular complexity index is 5090. The number of nitrogens with zero attached hydrogens (tertiary/aromatic N) is 5. The van der Waals surface area contributed by atoms with Crippen LogP contribution in [0.4, 0.5) is 0 Å². The number of para-hydroxylation sites is 1. The van der Waals surface area contributed by atoms with Gasteiger partial charge >= 0.3 is 17.9 Å². The third-order valence-electron chi connectivity index (χ3n) is 24.3. The van der Waals surface area contributed by atoms with Crippen LogP contribution in [0.25, 0.3) is 21.8 Å². The first kappa shape index (κ1) is 106. The summed E-state index contributed by atoms with van der Waals surface area (Å²) in [7, 11) is 5.18. The number of aromatic hydroxyl groups is 1. The number of methoxy groups -OCH3 is 1. The zero-order valence-electron chi connectivity index (χ0n) is 76.0. The smallest absolute Gasteiger partial charge is 0.305 e. The van der Waals surface area contributed by atoms with Crippen molar-refractivity contribution in [2.75, 3.05) is 65.9 Å². The molecule has 43 nitrogen and oxygen atoms in total. The predicted octanol–water partition coefficient (Wildman–Crippen LogP) is -1.23. The Balaban J connectivity index is 1.20.